The van der Waals surface area contributed by atoms with Crippen LogP contribution in [0.4, 0.5) is 9.18 Å². The van der Waals surface area contributed by atoms with Crippen LogP contribution in [0, 0.1) is 12.7 Å². The number of methoxy groups -OCH3 is 1. The smallest absolute Gasteiger partial charge is 0.315 e. The number of ether oxygens (including phenoxy) is 1. The predicted molar refractivity (Wildman–Crippen MR) is 83.6 cm³/mol. The highest BCUT2D eigenvalue weighted by Crippen LogP contribution is 2.25. The second-order valence-electron chi connectivity index (χ2n) is 4.82. The topological polar surface area (TPSA) is 63.2 Å². The van der Waals surface area contributed by atoms with Crippen LogP contribution >= 0.6 is 11.3 Å². The molecule has 2 N–H and O–H groups in total. The minimum Gasteiger partial charge on any atom is -0.496 e. The van der Waals surface area contributed by atoms with E-state index in [1.165, 1.54) is 30.6 Å². The number of aryl methyl sites for hydroxylation is 1. The first-order chi connectivity index (χ1) is 10.5. The van der Waals surface area contributed by atoms with Crippen molar-refractivity contribution < 1.29 is 13.9 Å². The Morgan fingerprint density at radius 2 is 2.27 bits per heavy atom. The molecule has 0 aliphatic rings. The number of nitrogens with one attached hydrogen (secondary N) is 2. The minimum atomic E-state index is -0.385. The number of carbonyl (C=O) groups is 1. The van der Waals surface area contributed by atoms with Gasteiger partial charge in [0, 0.05) is 16.6 Å². The Morgan fingerprint density at radius 1 is 1.50 bits per heavy atom. The molecule has 1 atom stereocenters. The highest BCUT2D eigenvalue weighted by atomic mass is 32.1. The SMILES string of the molecule is COc1ccc(F)cc1[C@H](C)NC(=O)NCc1nc(C)cs1. The number of halogens is 1. The Labute approximate surface area is 132 Å². The molecule has 0 saturated carbocycles. The molecule has 22 heavy (non-hydrogen) atoms. The average Bonchev–Trinajstić information content (AvgIpc) is 2.90. The number of aromatic nitrogens is 1. The van der Waals surface area contributed by atoms with Gasteiger partial charge in [-0.05, 0) is 32.0 Å². The minimum absolute atomic E-state index is 0.341. The van der Waals surface area contributed by atoms with Crippen LogP contribution < -0.4 is 15.4 Å². The summed E-state index contributed by atoms with van der Waals surface area (Å²) in [5.74, 6) is 0.160. The van der Waals surface area contributed by atoms with E-state index < -0.39 is 0 Å². The van der Waals surface area contributed by atoms with E-state index in [1.807, 2.05) is 12.3 Å². The molecular weight excluding hydrogens is 305 g/mol. The highest BCUT2D eigenvalue weighted by Gasteiger charge is 2.15. The second-order valence-corrected chi connectivity index (χ2v) is 5.76. The predicted octanol–water partition coefficient (Wildman–Crippen LogP) is 3.16. The van der Waals surface area contributed by atoms with Crippen LogP contribution in [0.5, 0.6) is 5.75 Å². The van der Waals surface area contributed by atoms with Crippen LogP contribution in [0.2, 0.25) is 0 Å². The number of rotatable bonds is 5. The van der Waals surface area contributed by atoms with Gasteiger partial charge in [-0.25, -0.2) is 14.2 Å². The number of hydrogen-bond acceptors (Lipinski definition) is 4. The molecule has 0 saturated heterocycles. The van der Waals surface area contributed by atoms with Crippen molar-refractivity contribution in [1.82, 2.24) is 15.6 Å². The molecule has 5 nitrogen and oxygen atoms in total. The summed E-state index contributed by atoms with van der Waals surface area (Å²) < 4.78 is 18.6. The van der Waals surface area contributed by atoms with Gasteiger partial charge in [0.05, 0.1) is 19.7 Å². The molecule has 1 aromatic heterocycles. The third-order valence-corrected chi connectivity index (χ3v) is 4.04. The Morgan fingerprint density at radius 3 is 2.91 bits per heavy atom. The quantitative estimate of drug-likeness (QED) is 0.888. The van der Waals surface area contributed by atoms with Crippen LogP contribution in [0.3, 0.4) is 0 Å². The van der Waals surface area contributed by atoms with Gasteiger partial charge in [-0.15, -0.1) is 11.3 Å². The Kier molecular flexibility index (Phi) is 5.32. The van der Waals surface area contributed by atoms with E-state index in [9.17, 15) is 9.18 Å². The molecule has 0 aliphatic heterocycles. The summed E-state index contributed by atoms with van der Waals surface area (Å²) >= 11 is 1.49. The molecule has 1 heterocycles. The fraction of sp³-hybridized carbons (Fsp3) is 0.333. The van der Waals surface area contributed by atoms with E-state index in [-0.39, 0.29) is 17.9 Å². The zero-order valence-electron chi connectivity index (χ0n) is 12.6. The lowest BCUT2D eigenvalue weighted by Crippen LogP contribution is -2.36. The second kappa shape index (κ2) is 7.22. The van der Waals surface area contributed by atoms with E-state index in [4.69, 9.17) is 4.74 Å². The molecule has 0 fully saturated rings. The monoisotopic (exact) mass is 323 g/mol. The zero-order valence-corrected chi connectivity index (χ0v) is 13.5. The molecular formula is C15H18FN3O2S. The van der Waals surface area contributed by atoms with Gasteiger partial charge in [0.1, 0.15) is 16.6 Å². The summed E-state index contributed by atoms with van der Waals surface area (Å²) in [6, 6.07) is 3.49. The molecule has 0 radical (unpaired) electrons. The molecule has 0 unspecified atom stereocenters. The molecule has 7 heteroatoms. The Balaban J connectivity index is 1.94. The number of carbonyl (C=O) groups excluding carboxylic acids is 1. The van der Waals surface area contributed by atoms with E-state index in [2.05, 4.69) is 15.6 Å². The fourth-order valence-electron chi connectivity index (χ4n) is 2.01. The van der Waals surface area contributed by atoms with Crippen LogP contribution in [-0.4, -0.2) is 18.1 Å². The lowest BCUT2D eigenvalue weighted by atomic mass is 10.1. The van der Waals surface area contributed by atoms with Crippen LogP contribution in [0.15, 0.2) is 23.6 Å². The standard InChI is InChI=1S/C15H18FN3O2S/c1-9-8-22-14(18-9)7-17-15(20)19-10(2)12-6-11(16)4-5-13(12)21-3/h4-6,8,10H,7H2,1-3H3,(H2,17,19,20)/t10-/m0/s1. The van der Waals surface area contributed by atoms with Crippen molar-refractivity contribution in [2.24, 2.45) is 0 Å². The first kappa shape index (κ1) is 16.2. The van der Waals surface area contributed by atoms with Gasteiger partial charge < -0.3 is 15.4 Å². The number of thiazole rings is 1. The van der Waals surface area contributed by atoms with Gasteiger partial charge in [0.15, 0.2) is 0 Å². The zero-order chi connectivity index (χ0) is 16.1. The summed E-state index contributed by atoms with van der Waals surface area (Å²) in [6.07, 6.45) is 0. The molecule has 0 spiro atoms. The third kappa shape index (κ3) is 4.17. The van der Waals surface area contributed by atoms with Crippen molar-refractivity contribution in [3.05, 3.63) is 45.7 Å². The highest BCUT2D eigenvalue weighted by molar-refractivity contribution is 7.09. The van der Waals surface area contributed by atoms with Gasteiger partial charge in [0.2, 0.25) is 0 Å². The molecule has 0 bridgehead atoms. The first-order valence-electron chi connectivity index (χ1n) is 6.78. The number of nitrogens with zero attached hydrogens (tertiary/aromatic N) is 1. The van der Waals surface area contributed by atoms with Crippen molar-refractivity contribution in [3.8, 4) is 5.75 Å². The van der Waals surface area contributed by atoms with Crippen molar-refractivity contribution in [1.29, 1.82) is 0 Å². The van der Waals surface area contributed by atoms with E-state index in [0.717, 1.165) is 10.7 Å². The normalized spacial score (nSPS) is 11.8. The molecule has 2 rings (SSSR count). The number of amides is 2. The van der Waals surface area contributed by atoms with Gasteiger partial charge in [-0.2, -0.15) is 0 Å². The van der Waals surface area contributed by atoms with Crippen molar-refractivity contribution >= 4 is 17.4 Å². The van der Waals surface area contributed by atoms with E-state index >= 15 is 0 Å². The summed E-state index contributed by atoms with van der Waals surface area (Å²) in [5, 5.41) is 8.25. The lowest BCUT2D eigenvalue weighted by molar-refractivity contribution is 0.237. The number of urea groups is 1. The third-order valence-electron chi connectivity index (χ3n) is 3.07. The number of benzene rings is 1. The summed E-state index contributed by atoms with van der Waals surface area (Å²) in [4.78, 5) is 16.2. The lowest BCUT2D eigenvalue weighted by Gasteiger charge is -2.17. The molecule has 2 aromatic rings. The maximum Gasteiger partial charge on any atom is 0.315 e. The van der Waals surface area contributed by atoms with Crippen molar-refractivity contribution in [3.63, 3.8) is 0 Å². The van der Waals surface area contributed by atoms with Gasteiger partial charge >= 0.3 is 6.03 Å². The van der Waals surface area contributed by atoms with Crippen LogP contribution in [-0.2, 0) is 6.54 Å². The summed E-state index contributed by atoms with van der Waals surface area (Å²) in [5.41, 5.74) is 1.52. The number of hydrogen-bond donors (Lipinski definition) is 2. The largest absolute Gasteiger partial charge is 0.496 e. The van der Waals surface area contributed by atoms with Crippen LogP contribution in [0.1, 0.15) is 29.2 Å². The summed E-state index contributed by atoms with van der Waals surface area (Å²) in [7, 11) is 1.51. The fourth-order valence-corrected chi connectivity index (χ4v) is 2.72. The van der Waals surface area contributed by atoms with Gasteiger partial charge in [-0.3, -0.25) is 0 Å². The van der Waals surface area contributed by atoms with Crippen molar-refractivity contribution in [2.75, 3.05) is 7.11 Å². The molecule has 2 amide bonds. The van der Waals surface area contributed by atoms with E-state index in [1.54, 1.807) is 13.0 Å². The van der Waals surface area contributed by atoms with E-state index in [0.29, 0.717) is 17.9 Å². The Bertz CT molecular complexity index is 660. The maximum absolute atomic E-state index is 13.4. The average molecular weight is 323 g/mol. The first-order valence-corrected chi connectivity index (χ1v) is 7.66. The van der Waals surface area contributed by atoms with Crippen LogP contribution in [0.25, 0.3) is 0 Å². The van der Waals surface area contributed by atoms with Crippen molar-refractivity contribution in [2.45, 2.75) is 26.4 Å². The van der Waals surface area contributed by atoms with Gasteiger partial charge in [-0.1, -0.05) is 0 Å². The Hall–Kier alpha value is -2.15. The molecule has 1 aromatic carbocycles. The summed E-state index contributed by atoms with van der Waals surface area (Å²) in [6.45, 7) is 4.03. The molecule has 118 valence electrons. The van der Waals surface area contributed by atoms with Gasteiger partial charge in [0.25, 0.3) is 0 Å². The maximum atomic E-state index is 13.4. The molecule has 0 aliphatic carbocycles.